The summed E-state index contributed by atoms with van der Waals surface area (Å²) in [6.45, 7) is 0.757. The first kappa shape index (κ1) is 14.6. The molecule has 2 aliphatic rings. The number of fused-ring (bicyclic) bond motifs is 2. The second kappa shape index (κ2) is 6.23. The Labute approximate surface area is 139 Å². The molecule has 0 aliphatic carbocycles. The Hall–Kier alpha value is -3.02. The summed E-state index contributed by atoms with van der Waals surface area (Å²) >= 11 is 0. The largest absolute Gasteiger partial charge is 0.328 e. The third-order valence-corrected chi connectivity index (χ3v) is 4.30. The summed E-state index contributed by atoms with van der Waals surface area (Å²) in [5.41, 5.74) is 5.34. The molecule has 0 radical (unpaired) electrons. The van der Waals surface area contributed by atoms with Crippen molar-refractivity contribution >= 4 is 23.6 Å². The van der Waals surface area contributed by atoms with Gasteiger partial charge < -0.3 is 4.90 Å². The average Bonchev–Trinajstić information content (AvgIpc) is 3.07. The first-order valence-electron chi connectivity index (χ1n) is 8.00. The Bertz CT molecular complexity index is 815. The van der Waals surface area contributed by atoms with E-state index in [4.69, 9.17) is 0 Å². The van der Waals surface area contributed by atoms with Crippen molar-refractivity contribution in [3.05, 3.63) is 59.9 Å². The van der Waals surface area contributed by atoms with Gasteiger partial charge in [0.1, 0.15) is 5.84 Å². The maximum Gasteiger partial charge on any atom is 0.256 e. The smallest absolute Gasteiger partial charge is 0.256 e. The monoisotopic (exact) mass is 319 g/mol. The zero-order valence-electron chi connectivity index (χ0n) is 13.1. The normalized spacial score (nSPS) is 19.7. The summed E-state index contributed by atoms with van der Waals surface area (Å²) in [6.07, 6.45) is 7.04. The van der Waals surface area contributed by atoms with Crippen molar-refractivity contribution < 1.29 is 4.79 Å². The highest BCUT2D eigenvalue weighted by Gasteiger charge is 2.36. The van der Waals surface area contributed by atoms with Crippen LogP contribution in [0.25, 0.3) is 0 Å². The number of carbonyl (C=O) groups excluding carboxylic acids is 1. The lowest BCUT2D eigenvalue weighted by atomic mass is 10.1. The van der Waals surface area contributed by atoms with Gasteiger partial charge in [-0.3, -0.25) is 15.2 Å². The van der Waals surface area contributed by atoms with Crippen molar-refractivity contribution in [2.45, 2.75) is 18.9 Å². The fourth-order valence-electron chi connectivity index (χ4n) is 3.13. The van der Waals surface area contributed by atoms with Crippen LogP contribution in [0.4, 0.5) is 5.69 Å². The van der Waals surface area contributed by atoms with E-state index in [2.05, 4.69) is 20.5 Å². The number of amides is 1. The van der Waals surface area contributed by atoms with Crippen LogP contribution in [0.15, 0.2) is 58.9 Å². The summed E-state index contributed by atoms with van der Waals surface area (Å²) in [5.74, 6) is 0.767. The van der Waals surface area contributed by atoms with Gasteiger partial charge in [0.05, 0.1) is 23.5 Å². The van der Waals surface area contributed by atoms with Gasteiger partial charge in [-0.1, -0.05) is 12.1 Å². The third-order valence-electron chi connectivity index (χ3n) is 4.30. The number of hydrogen-bond donors (Lipinski definition) is 1. The van der Waals surface area contributed by atoms with Crippen LogP contribution in [0.3, 0.4) is 0 Å². The molecule has 1 atom stereocenters. The molecule has 0 bridgehead atoms. The molecular weight excluding hydrogens is 302 g/mol. The van der Waals surface area contributed by atoms with E-state index >= 15 is 0 Å². The lowest BCUT2D eigenvalue weighted by Gasteiger charge is -2.23. The number of amidine groups is 1. The van der Waals surface area contributed by atoms with Gasteiger partial charge in [-0.2, -0.15) is 5.10 Å². The van der Waals surface area contributed by atoms with Crippen LogP contribution in [0, 0.1) is 0 Å². The number of pyridine rings is 1. The molecule has 0 unspecified atom stereocenters. The average molecular weight is 319 g/mol. The van der Waals surface area contributed by atoms with Crippen molar-refractivity contribution in [1.82, 2.24) is 15.3 Å². The second-order valence-corrected chi connectivity index (χ2v) is 5.82. The molecule has 24 heavy (non-hydrogen) atoms. The number of aromatic nitrogens is 1. The fourth-order valence-corrected chi connectivity index (χ4v) is 3.13. The van der Waals surface area contributed by atoms with E-state index in [9.17, 15) is 4.79 Å². The van der Waals surface area contributed by atoms with Crippen LogP contribution in [0.2, 0.25) is 0 Å². The van der Waals surface area contributed by atoms with Crippen molar-refractivity contribution in [1.29, 1.82) is 0 Å². The molecule has 120 valence electrons. The molecule has 1 fully saturated rings. The van der Waals surface area contributed by atoms with Crippen LogP contribution in [-0.2, 0) is 0 Å². The number of nitrogens with one attached hydrogen (secondary N) is 1. The summed E-state index contributed by atoms with van der Waals surface area (Å²) in [4.78, 5) is 23.3. The molecule has 0 saturated carbocycles. The predicted molar refractivity (Wildman–Crippen MR) is 92.6 cm³/mol. The highest BCUT2D eigenvalue weighted by atomic mass is 16.2. The molecule has 1 N–H and O–H groups in total. The predicted octanol–water partition coefficient (Wildman–Crippen LogP) is 2.35. The maximum atomic E-state index is 12.7. The highest BCUT2D eigenvalue weighted by molar-refractivity contribution is 6.06. The van der Waals surface area contributed by atoms with Crippen LogP contribution in [0.1, 0.15) is 28.8 Å². The van der Waals surface area contributed by atoms with E-state index in [1.165, 1.54) is 0 Å². The minimum Gasteiger partial charge on any atom is -0.328 e. The van der Waals surface area contributed by atoms with Crippen LogP contribution < -0.4 is 5.43 Å². The number of rotatable bonds is 2. The van der Waals surface area contributed by atoms with Crippen LogP contribution in [-0.4, -0.2) is 40.4 Å². The van der Waals surface area contributed by atoms with E-state index in [0.717, 1.165) is 30.8 Å². The lowest BCUT2D eigenvalue weighted by molar-refractivity contribution is 0.0771. The Morgan fingerprint density at radius 1 is 1.21 bits per heavy atom. The zero-order chi connectivity index (χ0) is 16.4. The molecule has 1 saturated heterocycles. The molecule has 1 aromatic heterocycles. The third kappa shape index (κ3) is 2.67. The van der Waals surface area contributed by atoms with Crippen LogP contribution >= 0.6 is 0 Å². The first-order chi connectivity index (χ1) is 11.8. The number of carbonyl (C=O) groups is 1. The number of hydrogen-bond acceptors (Lipinski definition) is 5. The number of nitrogens with zero attached hydrogens (tertiary/aromatic N) is 4. The van der Waals surface area contributed by atoms with Gasteiger partial charge in [-0.05, 0) is 42.7 Å². The van der Waals surface area contributed by atoms with Gasteiger partial charge >= 0.3 is 0 Å². The molecule has 2 aliphatic heterocycles. The molecule has 3 heterocycles. The lowest BCUT2D eigenvalue weighted by Crippen LogP contribution is -2.43. The topological polar surface area (TPSA) is 70.0 Å². The van der Waals surface area contributed by atoms with Crippen molar-refractivity contribution in [2.24, 2.45) is 10.1 Å². The standard InChI is InChI=1S/C18H17N5O/c24-18-14-4-1-2-5-15(14)21-17(16-6-3-11-23(16)18)22-20-12-13-7-9-19-10-8-13/h1-2,4-5,7-10,12,16H,3,6,11H2,(H,21,22)/b20-12+/t16-/m0/s1. The molecule has 2 aromatic rings. The van der Waals surface area contributed by atoms with Gasteiger partial charge in [0.15, 0.2) is 0 Å². The minimum atomic E-state index is -0.0421. The van der Waals surface area contributed by atoms with Crippen molar-refractivity contribution in [2.75, 3.05) is 6.54 Å². The van der Waals surface area contributed by atoms with E-state index < -0.39 is 0 Å². The zero-order valence-corrected chi connectivity index (χ0v) is 13.1. The van der Waals surface area contributed by atoms with E-state index in [0.29, 0.717) is 11.3 Å². The number of para-hydroxylation sites is 1. The van der Waals surface area contributed by atoms with Crippen molar-refractivity contribution in [3.63, 3.8) is 0 Å². The van der Waals surface area contributed by atoms with E-state index in [1.807, 2.05) is 41.3 Å². The molecule has 6 nitrogen and oxygen atoms in total. The Morgan fingerprint density at radius 2 is 2.04 bits per heavy atom. The molecular formula is C18H17N5O. The minimum absolute atomic E-state index is 0.0421. The fraction of sp³-hybridized carbons (Fsp3) is 0.222. The Kier molecular flexibility index (Phi) is 3.78. The van der Waals surface area contributed by atoms with Crippen molar-refractivity contribution in [3.8, 4) is 0 Å². The Balaban J connectivity index is 1.64. The SMILES string of the molecule is O=C1c2ccccc2N=C(N/N=C/c2ccncc2)[C@@H]2CCCN12. The molecule has 0 spiro atoms. The molecule has 4 rings (SSSR count). The summed E-state index contributed by atoms with van der Waals surface area (Å²) in [7, 11) is 0. The van der Waals surface area contributed by atoms with Gasteiger partial charge in [-0.25, -0.2) is 4.99 Å². The number of benzene rings is 1. The van der Waals surface area contributed by atoms with Gasteiger partial charge in [-0.15, -0.1) is 0 Å². The first-order valence-corrected chi connectivity index (χ1v) is 8.00. The maximum absolute atomic E-state index is 12.7. The van der Waals surface area contributed by atoms with Crippen LogP contribution in [0.5, 0.6) is 0 Å². The second-order valence-electron chi connectivity index (χ2n) is 5.82. The van der Waals surface area contributed by atoms with Gasteiger partial charge in [0.2, 0.25) is 0 Å². The van der Waals surface area contributed by atoms with Gasteiger partial charge in [0, 0.05) is 18.9 Å². The summed E-state index contributed by atoms with van der Waals surface area (Å²) in [5, 5.41) is 4.29. The summed E-state index contributed by atoms with van der Waals surface area (Å²) in [6, 6.07) is 11.2. The molecule has 1 amide bonds. The van der Waals surface area contributed by atoms with Gasteiger partial charge in [0.25, 0.3) is 5.91 Å². The highest BCUT2D eigenvalue weighted by Crippen LogP contribution is 2.30. The molecule has 1 aromatic carbocycles. The number of hydrazone groups is 1. The quantitative estimate of drug-likeness (QED) is 0.682. The number of aliphatic imine (C=N–C) groups is 1. The summed E-state index contributed by atoms with van der Waals surface area (Å²) < 4.78 is 0. The van der Waals surface area contributed by atoms with E-state index in [-0.39, 0.29) is 11.9 Å². The molecule has 6 heteroatoms. The van der Waals surface area contributed by atoms with E-state index in [1.54, 1.807) is 18.6 Å². The Morgan fingerprint density at radius 3 is 2.92 bits per heavy atom.